The van der Waals surface area contributed by atoms with Crippen LogP contribution in [0.5, 0.6) is 0 Å². The van der Waals surface area contributed by atoms with E-state index in [1.165, 1.54) is 11.4 Å². The Hall–Kier alpha value is -2.27. The van der Waals surface area contributed by atoms with Gasteiger partial charge < -0.3 is 9.88 Å². The van der Waals surface area contributed by atoms with Crippen molar-refractivity contribution >= 4 is 17.4 Å². The maximum atomic E-state index is 6.17. The molecule has 0 atom stereocenters. The van der Waals surface area contributed by atoms with Crippen molar-refractivity contribution in [3.05, 3.63) is 58.8 Å². The average Bonchev–Trinajstić information content (AvgIpc) is 3.21. The molecule has 0 unspecified atom stereocenters. The van der Waals surface area contributed by atoms with E-state index in [-0.39, 0.29) is 0 Å². The Labute approximate surface area is 152 Å². The van der Waals surface area contributed by atoms with Gasteiger partial charge in [0, 0.05) is 35.8 Å². The second-order valence-electron chi connectivity index (χ2n) is 6.71. The minimum absolute atomic E-state index is 0.533. The molecule has 1 aliphatic rings. The molecule has 1 saturated heterocycles. The molecule has 1 N–H and O–H groups in total. The summed E-state index contributed by atoms with van der Waals surface area (Å²) >= 11 is 6.17. The van der Waals surface area contributed by atoms with E-state index in [0.717, 1.165) is 48.2 Å². The largest absolute Gasteiger partial charge is 0.356 e. The van der Waals surface area contributed by atoms with Gasteiger partial charge in [0.15, 0.2) is 0 Å². The number of hydrogen-bond acceptors (Lipinski definition) is 3. The van der Waals surface area contributed by atoms with E-state index in [1.54, 1.807) is 6.33 Å². The Balaban J connectivity index is 1.57. The number of H-pyrrole nitrogens is 1. The second kappa shape index (κ2) is 6.56. The maximum Gasteiger partial charge on any atom is 0.132 e. The first-order valence-electron chi connectivity index (χ1n) is 8.69. The van der Waals surface area contributed by atoms with Crippen LogP contribution in [0, 0.1) is 13.8 Å². The van der Waals surface area contributed by atoms with Gasteiger partial charge >= 0.3 is 0 Å². The minimum atomic E-state index is 0.533. The zero-order chi connectivity index (χ0) is 17.4. The van der Waals surface area contributed by atoms with Crippen molar-refractivity contribution in [2.75, 3.05) is 18.0 Å². The summed E-state index contributed by atoms with van der Waals surface area (Å²) in [6.45, 7) is 6.14. The average molecular weight is 356 g/mol. The van der Waals surface area contributed by atoms with Crippen LogP contribution in [0.15, 0.2) is 36.7 Å². The Morgan fingerprint density at radius 2 is 1.96 bits per heavy atom. The number of imidazole rings is 1. The van der Waals surface area contributed by atoms with E-state index in [0.29, 0.717) is 5.92 Å². The molecule has 130 valence electrons. The number of aryl methyl sites for hydroxylation is 2. The van der Waals surface area contributed by atoms with Crippen molar-refractivity contribution in [1.29, 1.82) is 0 Å². The van der Waals surface area contributed by atoms with Gasteiger partial charge in [0.25, 0.3) is 0 Å². The van der Waals surface area contributed by atoms with Gasteiger partial charge in [-0.2, -0.15) is 5.10 Å². The number of halogens is 1. The van der Waals surface area contributed by atoms with Crippen molar-refractivity contribution in [3.63, 3.8) is 0 Å². The lowest BCUT2D eigenvalue weighted by atomic mass is 9.92. The fraction of sp³-hybridized carbons (Fsp3) is 0.368. The molecule has 1 fully saturated rings. The van der Waals surface area contributed by atoms with Crippen molar-refractivity contribution < 1.29 is 0 Å². The SMILES string of the molecule is Cc1cc(N2CCC(c3nc[nH]c3C)CC2)n(-c2cccc(Cl)c2)n1. The predicted octanol–water partition coefficient (Wildman–Crippen LogP) is 4.25. The van der Waals surface area contributed by atoms with Crippen LogP contribution in [-0.2, 0) is 0 Å². The van der Waals surface area contributed by atoms with E-state index >= 15 is 0 Å². The van der Waals surface area contributed by atoms with Crippen LogP contribution >= 0.6 is 11.6 Å². The molecule has 0 amide bonds. The normalized spacial score (nSPS) is 15.7. The number of piperidine rings is 1. The van der Waals surface area contributed by atoms with Crippen LogP contribution in [0.25, 0.3) is 5.69 Å². The number of aromatic nitrogens is 4. The Bertz CT molecular complexity index is 874. The van der Waals surface area contributed by atoms with Crippen LogP contribution in [-0.4, -0.2) is 32.8 Å². The maximum absolute atomic E-state index is 6.17. The summed E-state index contributed by atoms with van der Waals surface area (Å²) in [5.41, 5.74) is 4.43. The topological polar surface area (TPSA) is 49.7 Å². The molecule has 0 radical (unpaired) electrons. The fourth-order valence-corrected chi connectivity index (χ4v) is 3.86. The zero-order valence-corrected chi connectivity index (χ0v) is 15.3. The highest BCUT2D eigenvalue weighted by Crippen LogP contribution is 2.32. The lowest BCUT2D eigenvalue weighted by Crippen LogP contribution is -2.34. The van der Waals surface area contributed by atoms with E-state index < -0.39 is 0 Å². The molecule has 3 aromatic rings. The summed E-state index contributed by atoms with van der Waals surface area (Å²) in [5.74, 6) is 1.67. The molecule has 0 spiro atoms. The summed E-state index contributed by atoms with van der Waals surface area (Å²) in [5, 5.41) is 5.41. The van der Waals surface area contributed by atoms with Crippen molar-refractivity contribution in [3.8, 4) is 5.69 Å². The highest BCUT2D eigenvalue weighted by atomic mass is 35.5. The molecule has 2 aromatic heterocycles. The zero-order valence-electron chi connectivity index (χ0n) is 14.5. The first-order chi connectivity index (χ1) is 12.1. The minimum Gasteiger partial charge on any atom is -0.356 e. The third-order valence-corrected chi connectivity index (χ3v) is 5.18. The van der Waals surface area contributed by atoms with Crippen LogP contribution in [0.2, 0.25) is 5.02 Å². The smallest absolute Gasteiger partial charge is 0.132 e. The van der Waals surface area contributed by atoms with Crippen molar-refractivity contribution in [2.24, 2.45) is 0 Å². The molecule has 0 saturated carbocycles. The Morgan fingerprint density at radius 1 is 1.16 bits per heavy atom. The molecule has 25 heavy (non-hydrogen) atoms. The number of nitrogens with zero attached hydrogens (tertiary/aromatic N) is 4. The van der Waals surface area contributed by atoms with Crippen LogP contribution in [0.3, 0.4) is 0 Å². The molecule has 6 heteroatoms. The summed E-state index contributed by atoms with van der Waals surface area (Å²) < 4.78 is 2.00. The second-order valence-corrected chi connectivity index (χ2v) is 7.15. The molecule has 0 aliphatic carbocycles. The molecule has 4 rings (SSSR count). The molecular weight excluding hydrogens is 334 g/mol. The lowest BCUT2D eigenvalue weighted by Gasteiger charge is -2.33. The molecule has 1 aliphatic heterocycles. The van der Waals surface area contributed by atoms with Gasteiger partial charge in [-0.15, -0.1) is 0 Å². The number of benzene rings is 1. The summed E-state index contributed by atoms with van der Waals surface area (Å²) in [4.78, 5) is 10.1. The van der Waals surface area contributed by atoms with Crippen molar-refractivity contribution in [1.82, 2.24) is 19.7 Å². The van der Waals surface area contributed by atoms with E-state index in [2.05, 4.69) is 33.0 Å². The molecular formula is C19H22ClN5. The first-order valence-corrected chi connectivity index (χ1v) is 9.07. The summed E-state index contributed by atoms with van der Waals surface area (Å²) in [7, 11) is 0. The van der Waals surface area contributed by atoms with E-state index in [9.17, 15) is 0 Å². The van der Waals surface area contributed by atoms with E-state index in [4.69, 9.17) is 11.6 Å². The van der Waals surface area contributed by atoms with Crippen molar-refractivity contribution in [2.45, 2.75) is 32.6 Å². The fourth-order valence-electron chi connectivity index (χ4n) is 3.67. The van der Waals surface area contributed by atoms with Gasteiger partial charge in [-0.3, -0.25) is 0 Å². The highest BCUT2D eigenvalue weighted by Gasteiger charge is 2.25. The molecule has 5 nitrogen and oxygen atoms in total. The summed E-state index contributed by atoms with van der Waals surface area (Å²) in [6, 6.07) is 10.0. The summed E-state index contributed by atoms with van der Waals surface area (Å²) in [6.07, 6.45) is 4.01. The van der Waals surface area contributed by atoms with Gasteiger partial charge in [-0.05, 0) is 44.9 Å². The standard InChI is InChI=1S/C19H22ClN5/c1-13-10-18(25(23-13)17-5-3-4-16(20)11-17)24-8-6-15(7-9-24)19-14(2)21-12-22-19/h3-5,10-12,15H,6-9H2,1-2H3,(H,21,22). The molecule has 3 heterocycles. The van der Waals surface area contributed by atoms with Gasteiger partial charge in [0.2, 0.25) is 0 Å². The van der Waals surface area contributed by atoms with E-state index in [1.807, 2.05) is 35.9 Å². The van der Waals surface area contributed by atoms with Gasteiger partial charge in [-0.25, -0.2) is 9.67 Å². The van der Waals surface area contributed by atoms with Crippen LogP contribution in [0.1, 0.15) is 35.8 Å². The third kappa shape index (κ3) is 3.16. The van der Waals surface area contributed by atoms with Gasteiger partial charge in [0.05, 0.1) is 23.4 Å². The molecule has 1 aromatic carbocycles. The number of aromatic amines is 1. The van der Waals surface area contributed by atoms with Crippen LogP contribution in [0.4, 0.5) is 5.82 Å². The number of rotatable bonds is 3. The lowest BCUT2D eigenvalue weighted by molar-refractivity contribution is 0.490. The van der Waals surface area contributed by atoms with Gasteiger partial charge in [0.1, 0.15) is 5.82 Å². The molecule has 0 bridgehead atoms. The number of anilines is 1. The Morgan fingerprint density at radius 3 is 2.64 bits per heavy atom. The van der Waals surface area contributed by atoms with Gasteiger partial charge in [-0.1, -0.05) is 17.7 Å². The Kier molecular flexibility index (Phi) is 4.25. The quantitative estimate of drug-likeness (QED) is 0.764. The monoisotopic (exact) mass is 355 g/mol. The predicted molar refractivity (Wildman–Crippen MR) is 101 cm³/mol. The number of nitrogens with one attached hydrogen (secondary N) is 1. The van der Waals surface area contributed by atoms with Crippen LogP contribution < -0.4 is 4.90 Å². The third-order valence-electron chi connectivity index (χ3n) is 4.94. The number of hydrogen-bond donors (Lipinski definition) is 1. The first kappa shape index (κ1) is 16.2. The highest BCUT2D eigenvalue weighted by molar-refractivity contribution is 6.30.